The van der Waals surface area contributed by atoms with Gasteiger partial charge in [-0.1, -0.05) is 145 Å². The zero-order chi connectivity index (χ0) is 63.0. The van der Waals surface area contributed by atoms with Gasteiger partial charge in [0.2, 0.25) is 0 Å². The summed E-state index contributed by atoms with van der Waals surface area (Å²) in [6.45, 7) is 13.6. The lowest BCUT2D eigenvalue weighted by Gasteiger charge is -2.34. The fourth-order valence-corrected chi connectivity index (χ4v) is 8.11. The topological polar surface area (TPSA) is 3.24 Å². The molecule has 0 unspecified atom stereocenters. The van der Waals surface area contributed by atoms with Crippen LogP contribution in [0.5, 0.6) is 0 Å². The van der Waals surface area contributed by atoms with Gasteiger partial charge in [-0.05, 0) is 112 Å². The van der Waals surface area contributed by atoms with Gasteiger partial charge in [-0.15, -0.1) is 11.3 Å². The monoisotopic (exact) mass is 734 g/mol. The van der Waals surface area contributed by atoms with Crippen LogP contribution >= 0.6 is 11.3 Å². The number of nitrogens with zero attached hydrogens (tertiary/aromatic N) is 1. The van der Waals surface area contributed by atoms with E-state index in [9.17, 15) is 21.9 Å². The summed E-state index contributed by atoms with van der Waals surface area (Å²) in [7, 11) is 0. The number of fused-ring (bicyclic) bond motifs is 9. The zero-order valence-corrected chi connectivity index (χ0v) is 27.8. The largest absolute Gasteiger partial charge is 0.310 e. The summed E-state index contributed by atoms with van der Waals surface area (Å²) in [6.07, 6.45) is 0. The average Bonchev–Trinajstić information content (AvgIpc) is 1.57. The molecular weight excluding hydrogens is 671 g/mol. The summed E-state index contributed by atoms with van der Waals surface area (Å²) >= 11 is 0.512. The molecule has 11 rings (SSSR count). The molecule has 1 heterocycles. The van der Waals surface area contributed by atoms with E-state index in [0.717, 1.165) is 0 Å². The Kier molecular flexibility index (Phi) is 2.86. The van der Waals surface area contributed by atoms with Crippen molar-refractivity contribution in [2.24, 2.45) is 0 Å². The molecular formula is C52H33NS. The van der Waals surface area contributed by atoms with Crippen LogP contribution in [0.25, 0.3) is 42.4 Å². The number of rotatable bonds is 5. The summed E-state index contributed by atoms with van der Waals surface area (Å²) in [5.74, 6) is 0. The van der Waals surface area contributed by atoms with Crippen LogP contribution in [0.1, 0.15) is 75.9 Å². The summed E-state index contributed by atoms with van der Waals surface area (Å²) in [4.78, 5) is 0.461. The smallest absolute Gasteiger partial charge is 0.0713 e. The first kappa shape index (κ1) is 13.3. The normalized spacial score (nSPS) is 22.4. The number of hydrogen-bond donors (Lipinski definition) is 0. The summed E-state index contributed by atoms with van der Waals surface area (Å²) in [5.41, 5.74) is -17.4. The lowest BCUT2D eigenvalue weighted by Crippen LogP contribution is -2.28. The van der Waals surface area contributed by atoms with E-state index >= 15 is 0 Å². The Labute approximate surface area is 364 Å². The maximum atomic E-state index is 10.2. The quantitative estimate of drug-likeness (QED) is 0.170. The third-order valence-corrected chi connectivity index (χ3v) is 10.4. The molecule has 0 fully saturated rings. The van der Waals surface area contributed by atoms with Gasteiger partial charge in [0.25, 0.3) is 0 Å². The van der Waals surface area contributed by atoms with E-state index in [1.54, 1.807) is 0 Å². The van der Waals surface area contributed by atoms with Crippen LogP contribution in [0, 0.1) is 13.8 Å². The minimum absolute atomic E-state index is 0.307. The molecule has 1 nitrogen and oxygen atoms in total. The van der Waals surface area contributed by atoms with Crippen LogP contribution in [0.4, 0.5) is 17.1 Å². The number of thiophene rings is 1. The highest BCUT2D eigenvalue weighted by molar-refractivity contribution is 7.26. The number of hydrogen-bond acceptors (Lipinski definition) is 2. The highest BCUT2D eigenvalue weighted by atomic mass is 32.1. The molecule has 54 heavy (non-hydrogen) atoms. The molecule has 0 amide bonds. The molecule has 2 aliphatic carbocycles. The predicted molar refractivity (Wildman–Crippen MR) is 226 cm³/mol. The van der Waals surface area contributed by atoms with Crippen LogP contribution in [-0.2, 0) is 10.8 Å². The zero-order valence-electron chi connectivity index (χ0n) is 58.0. The molecule has 8 aromatic carbocycles. The van der Waals surface area contributed by atoms with Crippen LogP contribution in [0.2, 0.25) is 0 Å². The van der Waals surface area contributed by atoms with Gasteiger partial charge in [-0.2, -0.15) is 0 Å². The van der Waals surface area contributed by atoms with Crippen LogP contribution < -0.4 is 4.90 Å². The molecule has 252 valence electrons. The van der Waals surface area contributed by atoms with E-state index < -0.39 is 286 Å². The predicted octanol–water partition coefficient (Wildman–Crippen LogP) is 13.6. The van der Waals surface area contributed by atoms with Gasteiger partial charge in [-0.3, -0.25) is 0 Å². The lowest BCUT2D eigenvalue weighted by atomic mass is 9.68. The third kappa shape index (κ3) is 4.26. The summed E-state index contributed by atoms with van der Waals surface area (Å²) in [6, 6.07) is -33.0. The van der Waals surface area contributed by atoms with E-state index in [1.165, 1.54) is 0 Å². The molecule has 4 radical (unpaired) electrons. The molecule has 2 aliphatic rings. The van der Waals surface area contributed by atoms with Crippen molar-refractivity contribution in [3.05, 3.63) is 235 Å². The van der Waals surface area contributed by atoms with Gasteiger partial charge >= 0.3 is 0 Å². The van der Waals surface area contributed by atoms with Crippen LogP contribution in [-0.4, -0.2) is 0 Å². The SMILES string of the molecule is [2H]c1c([2H])c([2H])c(C2(c3c([2H])c([2H])c(N(c4c([2H])c([2H])c5c(c4[2H])C([CH])([CH])c4c([2H])c([2H])c([2H])c([2H])c4-5)c4c([2H])c([2H])c([2H])c5sc6c([2H])c([2H])c([2H])c([2H])c6c45)c([2H])c3[2H])c3c([2H])c([2H])c([2H])c([2H])c3-c3c([2H])c([2H])c([2H])c([2H])c32)c([2H])c1[2H]. The molecule has 0 saturated carbocycles. The Morgan fingerprint density at radius 1 is 0.444 bits per heavy atom. The Balaban J connectivity index is 1.42. The fourth-order valence-electron chi connectivity index (χ4n) is 7.14. The second-order valence-electron chi connectivity index (χ2n) is 12.1. The van der Waals surface area contributed by atoms with E-state index in [2.05, 4.69) is 0 Å². The van der Waals surface area contributed by atoms with Gasteiger partial charge in [0.05, 0.1) is 53.6 Å². The van der Waals surface area contributed by atoms with Gasteiger partial charge in [0.15, 0.2) is 0 Å². The Morgan fingerprint density at radius 2 is 0.981 bits per heavy atom. The molecule has 0 saturated heterocycles. The van der Waals surface area contributed by atoms with Crippen molar-refractivity contribution in [2.45, 2.75) is 10.8 Å². The Bertz CT molecular complexity index is 4590. The molecule has 0 spiro atoms. The minimum atomic E-state index is -3.35. The van der Waals surface area contributed by atoms with Crippen molar-refractivity contribution < 1.29 is 42.5 Å². The van der Waals surface area contributed by atoms with Crippen molar-refractivity contribution in [3.8, 4) is 22.3 Å². The highest BCUT2D eigenvalue weighted by Crippen LogP contribution is 2.57. The van der Waals surface area contributed by atoms with Crippen molar-refractivity contribution in [2.75, 3.05) is 4.90 Å². The highest BCUT2D eigenvalue weighted by Gasteiger charge is 2.46. The maximum Gasteiger partial charge on any atom is 0.0713 e. The summed E-state index contributed by atoms with van der Waals surface area (Å²) < 4.78 is 286. The van der Waals surface area contributed by atoms with E-state index in [1.807, 2.05) is 0 Å². The fraction of sp³-hybridized carbons (Fsp3) is 0.0385. The Hall–Kier alpha value is -6.22. The van der Waals surface area contributed by atoms with E-state index in [-0.39, 0.29) is 4.70 Å². The first-order valence-electron chi connectivity index (χ1n) is 31.4. The van der Waals surface area contributed by atoms with Crippen LogP contribution in [0.3, 0.4) is 0 Å². The lowest BCUT2D eigenvalue weighted by molar-refractivity contribution is 0.768. The van der Waals surface area contributed by atoms with Crippen molar-refractivity contribution >= 4 is 48.6 Å². The molecule has 0 bridgehead atoms. The van der Waals surface area contributed by atoms with Crippen molar-refractivity contribution in [3.63, 3.8) is 0 Å². The third-order valence-electron chi connectivity index (χ3n) is 9.40. The van der Waals surface area contributed by atoms with Gasteiger partial charge < -0.3 is 4.90 Å². The second-order valence-corrected chi connectivity index (χ2v) is 13.2. The number of anilines is 3. The van der Waals surface area contributed by atoms with Gasteiger partial charge in [0, 0.05) is 37.0 Å². The standard InChI is InChI=1S/C52H33NS/c1-51(2)43-21-10-6-17-38(43)41-32-31-37(33-46(41)51)53(47-24-14-26-49-50(47)42-20-9-13-25-48(42)54-49)36-29-27-35(28-30-36)52(34-15-4-3-5-16-34)44-22-11-7-18-39(44)40-19-8-12-23-45(40)52/h1-33H/i3D,4D,5D,6D,7D,8D,9D,10D,11D,12D,13D,14D,15D,16D,17D,18D,19D,20D,21D,22D,23D,24D,25D,26D,27D,28D,29D,30D,31D,32D,33D. The van der Waals surface area contributed by atoms with Crippen molar-refractivity contribution in [1.82, 2.24) is 0 Å². The molecule has 1 aromatic heterocycles. The molecule has 0 atom stereocenters. The molecule has 0 N–H and O–H groups in total. The first-order valence-corrected chi connectivity index (χ1v) is 16.7. The molecule has 0 aliphatic heterocycles. The molecule has 2 heteroatoms. The maximum absolute atomic E-state index is 10.2. The van der Waals surface area contributed by atoms with Gasteiger partial charge in [-0.25, -0.2) is 0 Å². The first-order chi connectivity index (χ1) is 39.4. The second kappa shape index (κ2) is 11.6. The Morgan fingerprint density at radius 3 is 1.70 bits per heavy atom. The minimum Gasteiger partial charge on any atom is -0.310 e. The number of benzene rings is 8. The average molecular weight is 735 g/mol. The van der Waals surface area contributed by atoms with Crippen molar-refractivity contribution in [1.29, 1.82) is 0 Å². The van der Waals surface area contributed by atoms with Gasteiger partial charge in [0.1, 0.15) is 0 Å². The van der Waals surface area contributed by atoms with E-state index in [4.69, 9.17) is 34.4 Å². The van der Waals surface area contributed by atoms with E-state index in [0.29, 0.717) is 16.2 Å². The van der Waals surface area contributed by atoms with Crippen LogP contribution in [0.15, 0.2) is 187 Å². The summed E-state index contributed by atoms with van der Waals surface area (Å²) in [5, 5.41) is -1.06. The molecule has 9 aromatic rings.